The average molecular weight is 333 g/mol. The topological polar surface area (TPSA) is 41.1 Å². The van der Waals surface area contributed by atoms with Crippen LogP contribution in [0.3, 0.4) is 0 Å². The summed E-state index contributed by atoms with van der Waals surface area (Å²) >= 11 is 3.44. The average Bonchev–Trinajstić information content (AvgIpc) is 3.02. The van der Waals surface area contributed by atoms with Crippen LogP contribution in [0.5, 0.6) is 0 Å². The zero-order valence-electron chi connectivity index (χ0n) is 11.4. The highest BCUT2D eigenvalue weighted by Crippen LogP contribution is 2.22. The van der Waals surface area contributed by atoms with Crippen LogP contribution >= 0.6 is 15.9 Å². The van der Waals surface area contributed by atoms with Gasteiger partial charge in [-0.25, -0.2) is 9.97 Å². The quantitative estimate of drug-likeness (QED) is 0.938. The van der Waals surface area contributed by atoms with Gasteiger partial charge in [0.25, 0.3) is 0 Å². The van der Waals surface area contributed by atoms with Crippen LogP contribution in [0.25, 0.3) is 11.1 Å². The summed E-state index contributed by atoms with van der Waals surface area (Å²) in [5.74, 6) is 0.791. The highest BCUT2D eigenvalue weighted by Gasteiger charge is 2.20. The molecule has 1 aromatic carbocycles. The van der Waals surface area contributed by atoms with Crippen molar-refractivity contribution < 1.29 is 0 Å². The third kappa shape index (κ3) is 2.83. The summed E-state index contributed by atoms with van der Waals surface area (Å²) in [7, 11) is 2.06. The molecular weight excluding hydrogens is 316 g/mol. The molecule has 1 unspecified atom stereocenters. The van der Waals surface area contributed by atoms with Crippen molar-refractivity contribution in [1.29, 1.82) is 0 Å². The third-order valence-electron chi connectivity index (χ3n) is 3.71. The second-order valence-electron chi connectivity index (χ2n) is 5.04. The van der Waals surface area contributed by atoms with E-state index in [9.17, 15) is 0 Å². The molecule has 1 N–H and O–H groups in total. The summed E-state index contributed by atoms with van der Waals surface area (Å²) < 4.78 is 1.08. The van der Waals surface area contributed by atoms with Crippen LogP contribution in [0.15, 0.2) is 41.1 Å². The van der Waals surface area contributed by atoms with Crippen molar-refractivity contribution >= 4 is 21.9 Å². The lowest BCUT2D eigenvalue weighted by atomic mass is 10.1. The molecule has 2 heterocycles. The van der Waals surface area contributed by atoms with E-state index in [-0.39, 0.29) is 0 Å². The van der Waals surface area contributed by atoms with Crippen LogP contribution in [0.2, 0.25) is 0 Å². The normalized spacial score (nSPS) is 18.2. The molecule has 0 aliphatic carbocycles. The molecule has 5 heteroatoms. The summed E-state index contributed by atoms with van der Waals surface area (Å²) in [6.45, 7) is 2.08. The van der Waals surface area contributed by atoms with Crippen LogP contribution in [0, 0.1) is 0 Å². The Morgan fingerprint density at radius 3 is 2.45 bits per heavy atom. The smallest absolute Gasteiger partial charge is 0.225 e. The van der Waals surface area contributed by atoms with Crippen LogP contribution in [0.1, 0.15) is 6.42 Å². The molecule has 2 aromatic rings. The maximum absolute atomic E-state index is 4.50. The Labute approximate surface area is 127 Å². The lowest BCUT2D eigenvalue weighted by Crippen LogP contribution is -2.34. The van der Waals surface area contributed by atoms with Gasteiger partial charge >= 0.3 is 0 Å². The molecule has 4 nitrogen and oxygen atoms in total. The Bertz CT molecular complexity index is 561. The van der Waals surface area contributed by atoms with Crippen molar-refractivity contribution in [2.24, 2.45) is 0 Å². The minimum atomic E-state index is 0.494. The van der Waals surface area contributed by atoms with Crippen molar-refractivity contribution in [3.05, 3.63) is 41.1 Å². The molecule has 104 valence electrons. The molecule has 1 saturated heterocycles. The largest absolute Gasteiger partial charge is 0.340 e. The van der Waals surface area contributed by atoms with E-state index in [0.717, 1.165) is 41.1 Å². The lowest BCUT2D eigenvalue weighted by molar-refractivity contribution is 0.668. The number of halogens is 1. The third-order valence-corrected chi connectivity index (χ3v) is 4.24. The second-order valence-corrected chi connectivity index (χ2v) is 5.95. The van der Waals surface area contributed by atoms with Gasteiger partial charge in [0.1, 0.15) is 0 Å². The van der Waals surface area contributed by atoms with Gasteiger partial charge in [0.15, 0.2) is 0 Å². The van der Waals surface area contributed by atoms with Gasteiger partial charge in [-0.15, -0.1) is 0 Å². The van der Waals surface area contributed by atoms with Gasteiger partial charge in [-0.05, 0) is 30.7 Å². The fourth-order valence-electron chi connectivity index (χ4n) is 2.43. The number of benzene rings is 1. The first-order valence-corrected chi connectivity index (χ1v) is 7.55. The molecule has 1 atom stereocenters. The Balaban J connectivity index is 1.78. The number of aromatic nitrogens is 2. The molecule has 0 amide bonds. The van der Waals surface area contributed by atoms with Gasteiger partial charge in [-0.1, -0.05) is 28.1 Å². The van der Waals surface area contributed by atoms with Gasteiger partial charge < -0.3 is 10.2 Å². The monoisotopic (exact) mass is 332 g/mol. The number of nitrogens with one attached hydrogen (secondary N) is 1. The molecular formula is C15H17BrN4. The zero-order chi connectivity index (χ0) is 13.9. The SMILES string of the molecule is CN(c1ncc(-c2ccc(Br)cc2)cn1)C1CCNC1. The van der Waals surface area contributed by atoms with E-state index >= 15 is 0 Å². The van der Waals surface area contributed by atoms with Crippen molar-refractivity contribution in [1.82, 2.24) is 15.3 Å². The maximum atomic E-state index is 4.50. The van der Waals surface area contributed by atoms with Gasteiger partial charge in [-0.3, -0.25) is 0 Å². The molecule has 20 heavy (non-hydrogen) atoms. The number of hydrogen-bond acceptors (Lipinski definition) is 4. The van der Waals surface area contributed by atoms with E-state index in [1.807, 2.05) is 24.5 Å². The highest BCUT2D eigenvalue weighted by atomic mass is 79.9. The zero-order valence-corrected chi connectivity index (χ0v) is 13.0. The molecule has 1 aliphatic heterocycles. The molecule has 0 radical (unpaired) electrons. The predicted octanol–water partition coefficient (Wildman–Crippen LogP) is 2.70. The molecule has 1 aliphatic rings. The van der Waals surface area contributed by atoms with Gasteiger partial charge in [0.2, 0.25) is 5.95 Å². The van der Waals surface area contributed by atoms with Gasteiger partial charge in [-0.2, -0.15) is 0 Å². The van der Waals surface area contributed by atoms with Crippen LogP contribution in [0.4, 0.5) is 5.95 Å². The molecule has 0 saturated carbocycles. The fraction of sp³-hybridized carbons (Fsp3) is 0.333. The number of nitrogens with zero attached hydrogens (tertiary/aromatic N) is 3. The summed E-state index contributed by atoms with van der Waals surface area (Å²) in [5.41, 5.74) is 2.17. The van der Waals surface area contributed by atoms with E-state index in [1.54, 1.807) is 0 Å². The molecule has 0 bridgehead atoms. The van der Waals surface area contributed by atoms with Crippen molar-refractivity contribution in [2.45, 2.75) is 12.5 Å². The van der Waals surface area contributed by atoms with Crippen molar-refractivity contribution in [3.8, 4) is 11.1 Å². The van der Waals surface area contributed by atoms with Crippen molar-refractivity contribution in [2.75, 3.05) is 25.0 Å². The van der Waals surface area contributed by atoms with Crippen LogP contribution in [-0.4, -0.2) is 36.1 Å². The van der Waals surface area contributed by atoms with E-state index in [0.29, 0.717) is 6.04 Å². The fourth-order valence-corrected chi connectivity index (χ4v) is 2.69. The Kier molecular flexibility index (Phi) is 3.98. The van der Waals surface area contributed by atoms with Gasteiger partial charge in [0, 0.05) is 42.1 Å². The number of anilines is 1. The highest BCUT2D eigenvalue weighted by molar-refractivity contribution is 9.10. The first-order valence-electron chi connectivity index (χ1n) is 6.75. The summed E-state index contributed by atoms with van der Waals surface area (Å²) in [4.78, 5) is 11.2. The summed E-state index contributed by atoms with van der Waals surface area (Å²) in [6, 6.07) is 8.67. The van der Waals surface area contributed by atoms with Crippen LogP contribution in [-0.2, 0) is 0 Å². The standard InChI is InChI=1S/C15H17BrN4/c1-20(14-6-7-17-10-14)15-18-8-12(9-19-15)11-2-4-13(16)5-3-11/h2-5,8-9,14,17H,6-7,10H2,1H3. The first-order chi connectivity index (χ1) is 9.74. The second kappa shape index (κ2) is 5.89. The van der Waals surface area contributed by atoms with Crippen LogP contribution < -0.4 is 10.2 Å². The van der Waals surface area contributed by atoms with E-state index in [4.69, 9.17) is 0 Å². The van der Waals surface area contributed by atoms with Gasteiger partial charge in [0.05, 0.1) is 0 Å². The molecule has 1 fully saturated rings. The molecule has 1 aromatic heterocycles. The summed E-state index contributed by atoms with van der Waals surface area (Å²) in [5, 5.41) is 3.36. The predicted molar refractivity (Wildman–Crippen MR) is 84.8 cm³/mol. The number of rotatable bonds is 3. The summed E-state index contributed by atoms with van der Waals surface area (Å²) in [6.07, 6.45) is 4.93. The van der Waals surface area contributed by atoms with E-state index < -0.39 is 0 Å². The Morgan fingerprint density at radius 1 is 1.15 bits per heavy atom. The number of likely N-dealkylation sites (N-methyl/N-ethyl adjacent to an activating group) is 1. The van der Waals surface area contributed by atoms with Crippen molar-refractivity contribution in [3.63, 3.8) is 0 Å². The first kappa shape index (κ1) is 13.5. The number of hydrogen-bond donors (Lipinski definition) is 1. The minimum absolute atomic E-state index is 0.494. The Hall–Kier alpha value is -1.46. The molecule has 0 spiro atoms. The Morgan fingerprint density at radius 2 is 1.85 bits per heavy atom. The molecule has 3 rings (SSSR count). The minimum Gasteiger partial charge on any atom is -0.340 e. The van der Waals surface area contributed by atoms with E-state index in [2.05, 4.69) is 55.3 Å². The lowest BCUT2D eigenvalue weighted by Gasteiger charge is -2.23. The maximum Gasteiger partial charge on any atom is 0.225 e. The van der Waals surface area contributed by atoms with E-state index in [1.165, 1.54) is 0 Å².